The van der Waals surface area contributed by atoms with Gasteiger partial charge in [-0.3, -0.25) is 0 Å². The van der Waals surface area contributed by atoms with E-state index in [2.05, 4.69) is 36.4 Å². The minimum Gasteiger partial charge on any atom is -0.478 e. The van der Waals surface area contributed by atoms with Gasteiger partial charge >= 0.3 is 11.9 Å². The smallest absolute Gasteiger partial charge is 0.335 e. The van der Waals surface area contributed by atoms with Crippen LogP contribution in [-0.2, 0) is 5.41 Å². The molecule has 4 nitrogen and oxygen atoms in total. The predicted molar refractivity (Wildman–Crippen MR) is 223 cm³/mol. The number of carboxylic acid groups (broad SMARTS) is 2. The van der Waals surface area contributed by atoms with E-state index in [0.717, 1.165) is 76.9 Å². The maximum absolute atomic E-state index is 13.0. The van der Waals surface area contributed by atoms with Crippen LogP contribution in [-0.4, -0.2) is 22.2 Å². The van der Waals surface area contributed by atoms with Crippen LogP contribution in [0.3, 0.4) is 0 Å². The first kappa shape index (κ1) is 35.0. The highest BCUT2D eigenvalue weighted by Crippen LogP contribution is 2.87. The van der Waals surface area contributed by atoms with E-state index in [-0.39, 0.29) is 16.2 Å². The first-order valence-electron chi connectivity index (χ1n) is 24.8. The highest BCUT2D eigenvalue weighted by atomic mass is 16.4. The lowest BCUT2D eigenvalue weighted by molar-refractivity contribution is -0.321. The monoisotopic (exact) mass is 778 g/mol. The van der Waals surface area contributed by atoms with Gasteiger partial charge in [-0.05, 0) is 275 Å². The van der Waals surface area contributed by atoms with Gasteiger partial charge in [-0.25, -0.2) is 9.59 Å². The van der Waals surface area contributed by atoms with Crippen LogP contribution in [0.1, 0.15) is 167 Å². The van der Waals surface area contributed by atoms with Gasteiger partial charge in [0.25, 0.3) is 0 Å². The molecule has 8 atom stereocenters. The molecular weight excluding hydrogens is 713 g/mol. The second-order valence-electron chi connectivity index (χ2n) is 25.0. The van der Waals surface area contributed by atoms with Crippen LogP contribution in [0.15, 0.2) is 48.5 Å². The van der Waals surface area contributed by atoms with Gasteiger partial charge in [0.2, 0.25) is 0 Å². The van der Waals surface area contributed by atoms with Crippen molar-refractivity contribution in [3.05, 3.63) is 70.8 Å². The summed E-state index contributed by atoms with van der Waals surface area (Å²) in [6, 6.07) is 16.6. The second-order valence-corrected chi connectivity index (χ2v) is 25.0. The number of aromatic carboxylic acids is 2. The summed E-state index contributed by atoms with van der Waals surface area (Å²) in [6.07, 6.45) is 30.4. The molecule has 0 amide bonds. The van der Waals surface area contributed by atoms with E-state index >= 15 is 0 Å². The molecule has 2 aromatic rings. The van der Waals surface area contributed by atoms with E-state index < -0.39 is 11.9 Å². The Balaban J connectivity index is 1.04. The predicted octanol–water partition coefficient (Wildman–Crippen LogP) is 12.3. The van der Waals surface area contributed by atoms with Crippen molar-refractivity contribution < 1.29 is 19.8 Å². The molecule has 8 unspecified atom stereocenters. The van der Waals surface area contributed by atoms with Crippen molar-refractivity contribution >= 4 is 11.9 Å². The van der Waals surface area contributed by atoms with Gasteiger partial charge in [0.15, 0.2) is 0 Å². The average Bonchev–Trinajstić information content (AvgIpc) is 3.16. The maximum Gasteiger partial charge on any atom is 0.335 e. The van der Waals surface area contributed by atoms with E-state index in [9.17, 15) is 19.8 Å². The van der Waals surface area contributed by atoms with Gasteiger partial charge in [0, 0.05) is 5.41 Å². The Hall–Kier alpha value is -2.62. The number of hydrogen-bond donors (Lipinski definition) is 2. The van der Waals surface area contributed by atoms with Crippen molar-refractivity contribution in [3.8, 4) is 0 Å². The Morgan fingerprint density at radius 2 is 0.879 bits per heavy atom. The third kappa shape index (κ3) is 4.22. The van der Waals surface area contributed by atoms with Crippen LogP contribution in [0.4, 0.5) is 0 Å². The fraction of sp³-hybridized carbons (Fsp3) is 0.741. The number of carboxylic acids is 2. The normalized spacial score (nSPS) is 52.8. The molecule has 16 aliphatic rings. The molecular formula is C54H66O4. The minimum absolute atomic E-state index is 0.000960. The fourth-order valence-electron chi connectivity index (χ4n) is 23.8. The van der Waals surface area contributed by atoms with E-state index in [0.29, 0.717) is 27.9 Å². The van der Waals surface area contributed by atoms with E-state index in [1.54, 1.807) is 19.3 Å². The summed E-state index contributed by atoms with van der Waals surface area (Å²) in [5.41, 5.74) is 4.08. The highest BCUT2D eigenvalue weighted by Gasteiger charge is 2.80. The number of rotatable bonds is 7. The zero-order chi connectivity index (χ0) is 38.6. The SMILES string of the molecule is O=C(O)c1cccc(C2(c3cccc(C(=O)O)c3)C3CC4CC(C3)CC2(C23CC5CC(CC(C5)C2C25CC6CC(CC(C6)C2C26CC7CC(CC(C7)C2)C6)C5)C3)C4)c1. The summed E-state index contributed by atoms with van der Waals surface area (Å²) >= 11 is 0. The molecule has 0 aliphatic heterocycles. The topological polar surface area (TPSA) is 74.6 Å². The van der Waals surface area contributed by atoms with Crippen LogP contribution >= 0.6 is 0 Å². The molecule has 16 aliphatic carbocycles. The molecule has 306 valence electrons. The standard InChI is InChI=1S/C54H66O4/c55-48(56)39-3-1-5-43(19-39)54(44-6-2-4-40(20-44)49(57)58)45-17-37-12-38(18-45)29-53(54,28-37)52-26-35-11-36(27-52)16-42(15-35)47(52)51-24-33-10-34(25-51)14-41(13-33)46(51)50-21-30-7-31(22-50)9-32(8-30)23-50/h1-6,19-20,30-38,41-42,45-47H,7-18,21-29H2,(H,55,56)(H,57,58). The summed E-state index contributed by atoms with van der Waals surface area (Å²) in [5, 5.41) is 21.3. The molecule has 0 saturated heterocycles. The minimum atomic E-state index is -0.839. The molecule has 58 heavy (non-hydrogen) atoms. The fourth-order valence-corrected chi connectivity index (χ4v) is 23.8. The van der Waals surface area contributed by atoms with Crippen LogP contribution in [0.5, 0.6) is 0 Å². The van der Waals surface area contributed by atoms with Crippen molar-refractivity contribution in [2.45, 2.75) is 140 Å². The van der Waals surface area contributed by atoms with Gasteiger partial charge in [0.05, 0.1) is 11.1 Å². The second kappa shape index (κ2) is 11.4. The summed E-state index contributed by atoms with van der Waals surface area (Å²) in [6.45, 7) is 0. The van der Waals surface area contributed by atoms with Crippen LogP contribution < -0.4 is 0 Å². The van der Waals surface area contributed by atoms with Crippen LogP contribution in [0.2, 0.25) is 0 Å². The molecule has 4 heteroatoms. The Morgan fingerprint density at radius 3 is 1.34 bits per heavy atom. The molecule has 2 aromatic carbocycles. The molecule has 0 radical (unpaired) electrons. The van der Waals surface area contributed by atoms with Gasteiger partial charge < -0.3 is 10.2 Å². The van der Waals surface area contributed by atoms with Crippen molar-refractivity contribution in [1.29, 1.82) is 0 Å². The largest absolute Gasteiger partial charge is 0.478 e. The molecule has 0 spiro atoms. The summed E-state index contributed by atoms with van der Waals surface area (Å²) in [7, 11) is 0. The van der Waals surface area contributed by atoms with Crippen molar-refractivity contribution in [1.82, 2.24) is 0 Å². The lowest BCUT2D eigenvalue weighted by atomic mass is 9.21. The molecule has 0 heterocycles. The van der Waals surface area contributed by atoms with Crippen molar-refractivity contribution in [3.63, 3.8) is 0 Å². The van der Waals surface area contributed by atoms with E-state index in [4.69, 9.17) is 0 Å². The molecule has 16 saturated carbocycles. The summed E-state index contributed by atoms with van der Waals surface area (Å²) < 4.78 is 0. The quantitative estimate of drug-likeness (QED) is 0.294. The molecule has 0 aromatic heterocycles. The lowest BCUT2D eigenvalue weighted by Crippen LogP contribution is -2.76. The van der Waals surface area contributed by atoms with Crippen molar-refractivity contribution in [2.75, 3.05) is 0 Å². The Labute approximate surface area is 346 Å². The Morgan fingerprint density at radius 1 is 0.466 bits per heavy atom. The number of hydrogen-bond acceptors (Lipinski definition) is 2. The maximum atomic E-state index is 13.0. The third-order valence-electron chi connectivity index (χ3n) is 22.7. The van der Waals surface area contributed by atoms with Crippen LogP contribution in [0.25, 0.3) is 0 Å². The first-order chi connectivity index (χ1) is 28.1. The summed E-state index contributed by atoms with van der Waals surface area (Å²) in [5.74, 6) is 10.1. The Bertz CT molecular complexity index is 1980. The van der Waals surface area contributed by atoms with Gasteiger partial charge in [-0.1, -0.05) is 24.3 Å². The first-order valence-corrected chi connectivity index (χ1v) is 24.8. The summed E-state index contributed by atoms with van der Waals surface area (Å²) in [4.78, 5) is 25.9. The van der Waals surface area contributed by atoms with Gasteiger partial charge in [-0.15, -0.1) is 0 Å². The zero-order valence-corrected chi connectivity index (χ0v) is 34.8. The molecule has 18 rings (SSSR count). The zero-order valence-electron chi connectivity index (χ0n) is 34.8. The average molecular weight is 779 g/mol. The van der Waals surface area contributed by atoms with Gasteiger partial charge in [0.1, 0.15) is 0 Å². The van der Waals surface area contributed by atoms with E-state index in [1.807, 2.05) is 12.1 Å². The number of benzene rings is 2. The number of carbonyl (C=O) groups is 2. The highest BCUT2D eigenvalue weighted by molar-refractivity contribution is 5.89. The molecule has 16 fully saturated rings. The molecule has 16 bridgehead atoms. The Kier molecular flexibility index (Phi) is 6.91. The van der Waals surface area contributed by atoms with Gasteiger partial charge in [-0.2, -0.15) is 0 Å². The van der Waals surface area contributed by atoms with Crippen LogP contribution in [0, 0.1) is 105 Å². The van der Waals surface area contributed by atoms with Crippen molar-refractivity contribution in [2.24, 2.45) is 105 Å². The lowest BCUT2D eigenvalue weighted by Gasteiger charge is -2.82. The van der Waals surface area contributed by atoms with E-state index in [1.165, 1.54) is 127 Å². The molecule has 2 N–H and O–H groups in total. The third-order valence-corrected chi connectivity index (χ3v) is 22.7.